The molecule has 1 aromatic carbocycles. The lowest BCUT2D eigenvalue weighted by Crippen LogP contribution is -2.45. The van der Waals surface area contributed by atoms with E-state index >= 15 is 0 Å². The van der Waals surface area contributed by atoms with Gasteiger partial charge in [-0.2, -0.15) is 9.40 Å². The van der Waals surface area contributed by atoms with Gasteiger partial charge in [-0.3, -0.25) is 0 Å². The largest absolute Gasteiger partial charge is 0.378 e. The fraction of sp³-hybridized carbons (Fsp3) is 0.500. The van der Waals surface area contributed by atoms with E-state index < -0.39 is 10.0 Å². The molecule has 1 saturated carbocycles. The van der Waals surface area contributed by atoms with E-state index in [1.807, 2.05) is 48.9 Å². The molecule has 0 spiro atoms. The topological polar surface area (TPSA) is 64.4 Å². The van der Waals surface area contributed by atoms with Crippen LogP contribution in [0.2, 0.25) is 0 Å². The van der Waals surface area contributed by atoms with E-state index in [0.717, 1.165) is 35.5 Å². The Balaban J connectivity index is 1.76. The summed E-state index contributed by atoms with van der Waals surface area (Å²) in [5.41, 5.74) is 3.76. The second kappa shape index (κ2) is 6.23. The van der Waals surface area contributed by atoms with Gasteiger partial charge in [-0.05, 0) is 38.8 Å². The molecule has 1 aliphatic carbocycles. The molecule has 7 heteroatoms. The van der Waals surface area contributed by atoms with Gasteiger partial charge in [0.1, 0.15) is 0 Å². The monoisotopic (exact) mass is 361 g/mol. The zero-order chi connectivity index (χ0) is 17.6. The maximum atomic E-state index is 12.9. The molecule has 1 atom stereocenters. The number of morpholine rings is 1. The van der Waals surface area contributed by atoms with Crippen LogP contribution in [0.1, 0.15) is 35.8 Å². The van der Waals surface area contributed by atoms with Gasteiger partial charge in [-0.1, -0.05) is 18.2 Å². The third kappa shape index (κ3) is 2.90. The van der Waals surface area contributed by atoms with Crippen LogP contribution in [-0.2, 0) is 14.8 Å². The molecule has 4 rings (SSSR count). The highest BCUT2D eigenvalue weighted by molar-refractivity contribution is 7.90. The van der Waals surface area contributed by atoms with Crippen LogP contribution in [0, 0.1) is 13.8 Å². The van der Waals surface area contributed by atoms with Crippen molar-refractivity contribution >= 4 is 10.0 Å². The highest BCUT2D eigenvalue weighted by atomic mass is 32.2. The van der Waals surface area contributed by atoms with Gasteiger partial charge in [-0.15, -0.1) is 0 Å². The average molecular weight is 361 g/mol. The summed E-state index contributed by atoms with van der Waals surface area (Å²) in [5, 5.41) is 4.46. The van der Waals surface area contributed by atoms with Crippen LogP contribution in [0.25, 0.3) is 5.69 Å². The molecule has 25 heavy (non-hydrogen) atoms. The maximum Gasteiger partial charge on any atom is 0.217 e. The Hall–Kier alpha value is -1.70. The molecular weight excluding hydrogens is 338 g/mol. The average Bonchev–Trinajstić information content (AvgIpc) is 3.43. The normalized spacial score (nSPS) is 22.2. The highest BCUT2D eigenvalue weighted by Crippen LogP contribution is 2.38. The van der Waals surface area contributed by atoms with E-state index in [1.165, 1.54) is 0 Å². The molecule has 2 aromatic rings. The minimum absolute atomic E-state index is 0.210. The smallest absolute Gasteiger partial charge is 0.217 e. The molecular formula is C18H23N3O3S. The van der Waals surface area contributed by atoms with Crippen LogP contribution in [0.3, 0.4) is 0 Å². The third-order valence-electron chi connectivity index (χ3n) is 5.03. The van der Waals surface area contributed by atoms with Crippen molar-refractivity contribution in [2.24, 2.45) is 0 Å². The second-order valence-electron chi connectivity index (χ2n) is 6.78. The van der Waals surface area contributed by atoms with Gasteiger partial charge in [0.25, 0.3) is 0 Å². The zero-order valence-corrected chi connectivity index (χ0v) is 15.4. The molecule has 0 unspecified atom stereocenters. The van der Waals surface area contributed by atoms with Gasteiger partial charge in [0.05, 0.1) is 35.9 Å². The van der Waals surface area contributed by atoms with Crippen molar-refractivity contribution in [3.05, 3.63) is 47.3 Å². The molecule has 1 aromatic heterocycles. The fourth-order valence-corrected chi connectivity index (χ4v) is 5.60. The van der Waals surface area contributed by atoms with Crippen molar-refractivity contribution in [1.29, 1.82) is 0 Å². The minimum atomic E-state index is -3.26. The van der Waals surface area contributed by atoms with Gasteiger partial charge in [-0.25, -0.2) is 13.1 Å². The Kier molecular flexibility index (Phi) is 4.17. The van der Waals surface area contributed by atoms with Gasteiger partial charge < -0.3 is 4.74 Å². The Morgan fingerprint density at radius 1 is 1.16 bits per heavy atom. The Morgan fingerprint density at radius 2 is 1.88 bits per heavy atom. The number of nitrogens with zero attached hydrogens (tertiary/aromatic N) is 3. The van der Waals surface area contributed by atoms with E-state index in [-0.39, 0.29) is 11.3 Å². The number of aryl methyl sites for hydroxylation is 1. The van der Waals surface area contributed by atoms with Crippen LogP contribution >= 0.6 is 0 Å². The van der Waals surface area contributed by atoms with Crippen molar-refractivity contribution in [3.63, 3.8) is 0 Å². The minimum Gasteiger partial charge on any atom is -0.378 e. The number of para-hydroxylation sites is 1. The van der Waals surface area contributed by atoms with Gasteiger partial charge in [0.2, 0.25) is 10.0 Å². The van der Waals surface area contributed by atoms with E-state index in [0.29, 0.717) is 19.8 Å². The summed E-state index contributed by atoms with van der Waals surface area (Å²) in [6, 6.07) is 9.61. The summed E-state index contributed by atoms with van der Waals surface area (Å²) in [7, 11) is -3.26. The van der Waals surface area contributed by atoms with E-state index in [1.54, 1.807) is 4.31 Å². The van der Waals surface area contributed by atoms with Crippen molar-refractivity contribution in [3.8, 4) is 5.69 Å². The third-order valence-corrected chi connectivity index (χ3v) is 7.44. The molecule has 1 aliphatic heterocycles. The summed E-state index contributed by atoms with van der Waals surface area (Å²) in [5.74, 6) is 0. The first kappa shape index (κ1) is 16.8. The first-order valence-corrected chi connectivity index (χ1v) is 10.2. The predicted molar refractivity (Wildman–Crippen MR) is 95.2 cm³/mol. The van der Waals surface area contributed by atoms with Gasteiger partial charge in [0, 0.05) is 17.8 Å². The van der Waals surface area contributed by atoms with E-state index in [2.05, 4.69) is 5.10 Å². The highest BCUT2D eigenvalue weighted by Gasteiger charge is 2.45. The number of ether oxygens (including phenoxy) is 1. The Bertz CT molecular complexity index is 872. The number of aromatic nitrogens is 2. The number of rotatable bonds is 4. The standard InChI is InChI=1S/C18H23N3O3S/c1-13-18(14(2)21(19-13)15-6-4-3-5-7-15)17-12-24-11-10-20(17)25(22,23)16-8-9-16/h3-7,16-17H,8-12H2,1-2H3/t17-/m1/s1. The fourth-order valence-electron chi connectivity index (χ4n) is 3.64. The second-order valence-corrected chi connectivity index (χ2v) is 8.94. The molecule has 1 saturated heterocycles. The first-order valence-electron chi connectivity index (χ1n) is 8.70. The number of hydrogen-bond donors (Lipinski definition) is 0. The summed E-state index contributed by atoms with van der Waals surface area (Å²) >= 11 is 0. The summed E-state index contributed by atoms with van der Waals surface area (Å²) in [6.45, 7) is 5.19. The lowest BCUT2D eigenvalue weighted by molar-refractivity contribution is 0.0315. The Morgan fingerprint density at radius 3 is 2.56 bits per heavy atom. The Labute approximate surface area is 148 Å². The van der Waals surface area contributed by atoms with Crippen molar-refractivity contribution in [1.82, 2.24) is 14.1 Å². The predicted octanol–water partition coefficient (Wildman–Crippen LogP) is 2.35. The van der Waals surface area contributed by atoms with Crippen molar-refractivity contribution in [2.75, 3.05) is 19.8 Å². The number of benzene rings is 1. The van der Waals surface area contributed by atoms with E-state index in [4.69, 9.17) is 4.74 Å². The summed E-state index contributed by atoms with van der Waals surface area (Å²) in [4.78, 5) is 0. The quantitative estimate of drug-likeness (QED) is 0.839. The molecule has 0 radical (unpaired) electrons. The van der Waals surface area contributed by atoms with E-state index in [9.17, 15) is 8.42 Å². The molecule has 2 fully saturated rings. The van der Waals surface area contributed by atoms with Crippen LogP contribution in [-0.4, -0.2) is 47.5 Å². The van der Waals surface area contributed by atoms with Crippen LogP contribution in [0.4, 0.5) is 0 Å². The van der Waals surface area contributed by atoms with Crippen molar-refractivity contribution < 1.29 is 13.2 Å². The van der Waals surface area contributed by atoms with Gasteiger partial charge >= 0.3 is 0 Å². The zero-order valence-electron chi connectivity index (χ0n) is 14.6. The van der Waals surface area contributed by atoms with Crippen molar-refractivity contribution in [2.45, 2.75) is 38.0 Å². The first-order chi connectivity index (χ1) is 12.0. The molecule has 0 bridgehead atoms. The lowest BCUT2D eigenvalue weighted by Gasteiger charge is -2.35. The summed E-state index contributed by atoms with van der Waals surface area (Å²) < 4.78 is 34.9. The summed E-state index contributed by atoms with van der Waals surface area (Å²) in [6.07, 6.45) is 1.54. The number of hydrogen-bond acceptors (Lipinski definition) is 4. The molecule has 134 valence electrons. The maximum absolute atomic E-state index is 12.9. The van der Waals surface area contributed by atoms with Gasteiger partial charge in [0.15, 0.2) is 0 Å². The molecule has 2 heterocycles. The molecule has 6 nitrogen and oxygen atoms in total. The molecule has 0 N–H and O–H groups in total. The van der Waals surface area contributed by atoms with Crippen LogP contribution in [0.15, 0.2) is 30.3 Å². The SMILES string of the molecule is Cc1nn(-c2ccccc2)c(C)c1[C@H]1COCCN1S(=O)(=O)C1CC1. The molecule has 2 aliphatic rings. The van der Waals surface area contributed by atoms with Crippen LogP contribution < -0.4 is 0 Å². The lowest BCUT2D eigenvalue weighted by atomic mass is 10.0. The van der Waals surface area contributed by atoms with Crippen LogP contribution in [0.5, 0.6) is 0 Å². The molecule has 0 amide bonds. The number of sulfonamides is 1.